The van der Waals surface area contributed by atoms with E-state index in [0.717, 1.165) is 19.4 Å². The Balaban J connectivity index is 2.25. The topological polar surface area (TPSA) is 15.3 Å². The molecule has 0 saturated heterocycles. The van der Waals surface area contributed by atoms with Crippen LogP contribution in [0, 0.1) is 5.92 Å². The highest BCUT2D eigenvalue weighted by atomic mass is 19.4. The molecule has 102 valence electrons. The lowest BCUT2D eigenvalue weighted by atomic mass is 9.78. The lowest BCUT2D eigenvalue weighted by Gasteiger charge is -2.43. The van der Waals surface area contributed by atoms with Gasteiger partial charge >= 0.3 is 6.18 Å². The third kappa shape index (κ3) is 5.25. The molecule has 1 aliphatic rings. The molecule has 2 unspecified atom stereocenters. The van der Waals surface area contributed by atoms with Gasteiger partial charge in [0.2, 0.25) is 0 Å². The fourth-order valence-electron chi connectivity index (χ4n) is 2.23. The van der Waals surface area contributed by atoms with Gasteiger partial charge in [-0.15, -0.1) is 0 Å². The van der Waals surface area contributed by atoms with Crippen LogP contribution >= 0.6 is 0 Å². The van der Waals surface area contributed by atoms with Gasteiger partial charge in [0, 0.05) is 18.6 Å². The van der Waals surface area contributed by atoms with E-state index in [2.05, 4.69) is 19.2 Å². The molecule has 0 spiro atoms. The van der Waals surface area contributed by atoms with Gasteiger partial charge in [0.05, 0.1) is 6.42 Å². The number of hydrogen-bond donors (Lipinski definition) is 1. The molecular weight excluding hydrogens is 229 g/mol. The number of rotatable bonds is 6. The van der Waals surface area contributed by atoms with E-state index in [0.29, 0.717) is 18.0 Å². The monoisotopic (exact) mass is 252 g/mol. The van der Waals surface area contributed by atoms with E-state index in [1.165, 1.54) is 0 Å². The summed E-state index contributed by atoms with van der Waals surface area (Å²) in [6, 6.07) is 0.764. The molecule has 5 heteroatoms. The summed E-state index contributed by atoms with van der Waals surface area (Å²) < 4.78 is 36.3. The summed E-state index contributed by atoms with van der Waals surface area (Å²) in [5.74, 6) is 0.510. The lowest BCUT2D eigenvalue weighted by molar-refractivity contribution is -0.140. The predicted octanol–water partition coefficient (Wildman–Crippen LogP) is 2.65. The second-order valence-corrected chi connectivity index (χ2v) is 5.31. The smallest absolute Gasteiger partial charge is 0.314 e. The minimum absolute atomic E-state index is 0.117. The van der Waals surface area contributed by atoms with Crippen molar-refractivity contribution in [3.8, 4) is 0 Å². The molecule has 0 heterocycles. The number of nitrogens with one attached hydrogen (secondary N) is 1. The van der Waals surface area contributed by atoms with E-state index in [-0.39, 0.29) is 6.54 Å². The van der Waals surface area contributed by atoms with Crippen LogP contribution in [0.2, 0.25) is 0 Å². The Hall–Kier alpha value is -0.290. The number of alkyl halides is 3. The van der Waals surface area contributed by atoms with Crippen molar-refractivity contribution in [1.29, 1.82) is 0 Å². The Morgan fingerprint density at radius 1 is 1.29 bits per heavy atom. The number of halogens is 3. The van der Waals surface area contributed by atoms with Crippen LogP contribution in [0.25, 0.3) is 0 Å². The van der Waals surface area contributed by atoms with Gasteiger partial charge in [-0.2, -0.15) is 13.2 Å². The van der Waals surface area contributed by atoms with Crippen LogP contribution < -0.4 is 5.32 Å². The molecule has 1 N–H and O–H groups in total. The highest BCUT2D eigenvalue weighted by Gasteiger charge is 2.35. The molecule has 0 bridgehead atoms. The number of nitrogens with zero attached hydrogens (tertiary/aromatic N) is 1. The highest BCUT2D eigenvalue weighted by molar-refractivity contribution is 4.89. The maximum Gasteiger partial charge on any atom is 0.390 e. The van der Waals surface area contributed by atoms with Crippen molar-refractivity contribution in [2.45, 2.75) is 51.4 Å². The third-order valence-electron chi connectivity index (χ3n) is 3.48. The molecule has 0 aromatic carbocycles. The molecular formula is C12H23F3N2. The molecule has 2 atom stereocenters. The Morgan fingerprint density at radius 3 is 2.35 bits per heavy atom. The summed E-state index contributed by atoms with van der Waals surface area (Å²) in [6.07, 6.45) is -2.59. The first kappa shape index (κ1) is 14.8. The minimum atomic E-state index is -4.04. The molecule has 17 heavy (non-hydrogen) atoms. The van der Waals surface area contributed by atoms with Crippen LogP contribution in [0.4, 0.5) is 13.2 Å². The Kier molecular flexibility index (Phi) is 5.25. The van der Waals surface area contributed by atoms with Crippen molar-refractivity contribution in [1.82, 2.24) is 10.2 Å². The molecule has 1 rings (SSSR count). The van der Waals surface area contributed by atoms with Gasteiger partial charge in [0.25, 0.3) is 0 Å². The van der Waals surface area contributed by atoms with E-state index in [1.807, 2.05) is 4.90 Å². The van der Waals surface area contributed by atoms with E-state index in [4.69, 9.17) is 0 Å². The Labute approximate surface area is 102 Å². The second-order valence-electron chi connectivity index (χ2n) is 5.31. The van der Waals surface area contributed by atoms with Crippen molar-refractivity contribution in [3.05, 3.63) is 0 Å². The predicted molar refractivity (Wildman–Crippen MR) is 63.0 cm³/mol. The summed E-state index contributed by atoms with van der Waals surface area (Å²) in [7, 11) is 1.80. The van der Waals surface area contributed by atoms with Crippen LogP contribution in [-0.4, -0.2) is 43.3 Å². The fourth-order valence-corrected chi connectivity index (χ4v) is 2.23. The molecule has 2 nitrogen and oxygen atoms in total. The van der Waals surface area contributed by atoms with Crippen molar-refractivity contribution >= 4 is 0 Å². The largest absolute Gasteiger partial charge is 0.390 e. The van der Waals surface area contributed by atoms with E-state index < -0.39 is 12.6 Å². The van der Waals surface area contributed by atoms with Crippen LogP contribution in [0.1, 0.15) is 33.1 Å². The first-order valence-corrected chi connectivity index (χ1v) is 6.30. The molecule has 1 aliphatic carbocycles. The molecule has 0 amide bonds. The first-order valence-electron chi connectivity index (χ1n) is 6.30. The summed E-state index contributed by atoms with van der Waals surface area (Å²) >= 11 is 0. The maximum absolute atomic E-state index is 12.1. The van der Waals surface area contributed by atoms with Crippen molar-refractivity contribution in [2.24, 2.45) is 5.92 Å². The van der Waals surface area contributed by atoms with Gasteiger partial charge in [-0.25, -0.2) is 0 Å². The van der Waals surface area contributed by atoms with Crippen LogP contribution in [0.5, 0.6) is 0 Å². The van der Waals surface area contributed by atoms with Gasteiger partial charge in [0.15, 0.2) is 0 Å². The van der Waals surface area contributed by atoms with Crippen molar-refractivity contribution in [3.63, 3.8) is 0 Å². The Bertz CT molecular complexity index is 228. The lowest BCUT2D eigenvalue weighted by Crippen LogP contribution is -2.50. The molecule has 0 aromatic rings. The summed E-state index contributed by atoms with van der Waals surface area (Å²) in [6.45, 7) is 5.20. The van der Waals surface area contributed by atoms with Gasteiger partial charge in [-0.05, 0) is 32.4 Å². The molecule has 0 aliphatic heterocycles. The minimum Gasteiger partial charge on any atom is -0.314 e. The van der Waals surface area contributed by atoms with Crippen LogP contribution in [0.3, 0.4) is 0 Å². The van der Waals surface area contributed by atoms with Crippen molar-refractivity contribution in [2.75, 3.05) is 20.1 Å². The summed E-state index contributed by atoms with van der Waals surface area (Å²) in [5.41, 5.74) is 0. The van der Waals surface area contributed by atoms with Gasteiger partial charge in [-0.3, -0.25) is 0 Å². The molecule has 0 aromatic heterocycles. The normalized spacial score (nSPS) is 25.4. The average Bonchev–Trinajstić information content (AvgIpc) is 2.11. The SMILES string of the molecule is CC(C)NCC1CCC1N(C)CCC(F)(F)F. The van der Waals surface area contributed by atoms with Crippen LogP contribution in [-0.2, 0) is 0 Å². The third-order valence-corrected chi connectivity index (χ3v) is 3.48. The van der Waals surface area contributed by atoms with Gasteiger partial charge in [-0.1, -0.05) is 13.8 Å². The highest BCUT2D eigenvalue weighted by Crippen LogP contribution is 2.32. The fraction of sp³-hybridized carbons (Fsp3) is 1.00. The summed E-state index contributed by atoms with van der Waals surface area (Å²) in [5, 5.41) is 3.36. The van der Waals surface area contributed by atoms with E-state index in [1.54, 1.807) is 7.05 Å². The summed E-state index contributed by atoms with van der Waals surface area (Å²) in [4.78, 5) is 1.86. The van der Waals surface area contributed by atoms with Gasteiger partial charge < -0.3 is 10.2 Å². The molecule has 1 saturated carbocycles. The standard InChI is InChI=1S/C12H23F3N2/c1-9(2)16-8-10-4-5-11(10)17(3)7-6-12(13,14)15/h9-11,16H,4-8H2,1-3H3. The van der Waals surface area contributed by atoms with Crippen LogP contribution in [0.15, 0.2) is 0 Å². The number of hydrogen-bond acceptors (Lipinski definition) is 2. The average molecular weight is 252 g/mol. The van der Waals surface area contributed by atoms with E-state index >= 15 is 0 Å². The first-order chi connectivity index (χ1) is 7.79. The zero-order chi connectivity index (χ0) is 13.1. The molecule has 0 radical (unpaired) electrons. The molecule has 1 fully saturated rings. The quantitative estimate of drug-likeness (QED) is 0.782. The van der Waals surface area contributed by atoms with Crippen molar-refractivity contribution < 1.29 is 13.2 Å². The zero-order valence-corrected chi connectivity index (χ0v) is 10.8. The van der Waals surface area contributed by atoms with E-state index in [9.17, 15) is 13.2 Å². The Morgan fingerprint density at radius 2 is 1.94 bits per heavy atom. The zero-order valence-electron chi connectivity index (χ0n) is 10.8. The van der Waals surface area contributed by atoms with Gasteiger partial charge in [0.1, 0.15) is 0 Å². The maximum atomic E-state index is 12.1. The second kappa shape index (κ2) is 6.05.